The van der Waals surface area contributed by atoms with Crippen LogP contribution < -0.4 is 5.32 Å². The molecule has 1 aromatic rings. The van der Waals surface area contributed by atoms with Gasteiger partial charge in [-0.2, -0.15) is 0 Å². The summed E-state index contributed by atoms with van der Waals surface area (Å²) in [7, 11) is -3.29. The lowest BCUT2D eigenvalue weighted by Crippen LogP contribution is -2.50. The van der Waals surface area contributed by atoms with Crippen molar-refractivity contribution in [3.05, 3.63) is 33.5 Å². The molecule has 7 nitrogen and oxygen atoms in total. The van der Waals surface area contributed by atoms with Crippen LogP contribution in [0, 0.1) is 0 Å². The van der Waals surface area contributed by atoms with Crippen molar-refractivity contribution in [3.8, 4) is 0 Å². The number of hydrogen-bond acceptors (Lipinski definition) is 6. The zero-order valence-electron chi connectivity index (χ0n) is 15.5. The molecule has 3 heterocycles. The molecule has 0 atom stereocenters. The molecule has 1 fully saturated rings. The van der Waals surface area contributed by atoms with Crippen molar-refractivity contribution in [2.75, 3.05) is 25.4 Å². The van der Waals surface area contributed by atoms with Crippen LogP contribution in [0.1, 0.15) is 31.6 Å². The van der Waals surface area contributed by atoms with Gasteiger partial charge in [-0.3, -0.25) is 4.79 Å². The Morgan fingerprint density at radius 2 is 2.07 bits per heavy atom. The number of rotatable bonds is 6. The van der Waals surface area contributed by atoms with Crippen LogP contribution in [0.15, 0.2) is 28.7 Å². The van der Waals surface area contributed by atoms with Gasteiger partial charge in [0.15, 0.2) is 0 Å². The van der Waals surface area contributed by atoms with Crippen LogP contribution in [0.4, 0.5) is 0 Å². The van der Waals surface area contributed by atoms with Crippen molar-refractivity contribution in [2.45, 2.75) is 38.7 Å². The molecule has 0 radical (unpaired) electrons. The molecule has 148 valence electrons. The lowest BCUT2D eigenvalue weighted by Gasteiger charge is -2.38. The average Bonchev–Trinajstić information content (AvgIpc) is 3.23. The van der Waals surface area contributed by atoms with E-state index in [1.54, 1.807) is 25.2 Å². The van der Waals surface area contributed by atoms with E-state index in [1.807, 2.05) is 17.5 Å². The third kappa shape index (κ3) is 3.95. The molecule has 0 aliphatic carbocycles. The van der Waals surface area contributed by atoms with E-state index in [-0.39, 0.29) is 24.7 Å². The smallest absolute Gasteiger partial charge is 0.335 e. The highest BCUT2D eigenvalue weighted by atomic mass is 32.2. The number of nitrogens with zero attached hydrogens (tertiary/aromatic N) is 1. The quantitative estimate of drug-likeness (QED) is 0.714. The molecule has 27 heavy (non-hydrogen) atoms. The number of carbonyl (C=O) groups is 2. The van der Waals surface area contributed by atoms with Gasteiger partial charge in [0.2, 0.25) is 10.0 Å². The van der Waals surface area contributed by atoms with Crippen LogP contribution in [0.5, 0.6) is 0 Å². The lowest BCUT2D eigenvalue weighted by atomic mass is 9.83. The fourth-order valence-corrected chi connectivity index (χ4v) is 5.44. The first-order valence-electron chi connectivity index (χ1n) is 9.02. The second kappa shape index (κ2) is 7.73. The fourth-order valence-electron chi connectivity index (χ4n) is 3.63. The first kappa shape index (κ1) is 20.0. The molecule has 1 aromatic heterocycles. The number of ether oxygens (including phenoxy) is 1. The van der Waals surface area contributed by atoms with E-state index in [4.69, 9.17) is 4.74 Å². The number of amides is 1. The molecule has 1 N–H and O–H groups in total. The Morgan fingerprint density at radius 1 is 1.37 bits per heavy atom. The maximum Gasteiger partial charge on any atom is 0.335 e. The summed E-state index contributed by atoms with van der Waals surface area (Å²) in [6.07, 6.45) is 1.31. The van der Waals surface area contributed by atoms with E-state index in [9.17, 15) is 18.0 Å². The Bertz CT molecular complexity index is 850. The number of nitrogens with one attached hydrogen (secondary N) is 1. The second-order valence-electron chi connectivity index (χ2n) is 6.77. The van der Waals surface area contributed by atoms with E-state index in [1.165, 1.54) is 9.18 Å². The molecule has 1 saturated heterocycles. The lowest BCUT2D eigenvalue weighted by molar-refractivity contribution is -0.150. The summed E-state index contributed by atoms with van der Waals surface area (Å²) < 4.78 is 31.2. The van der Waals surface area contributed by atoms with Gasteiger partial charge in [-0.1, -0.05) is 6.07 Å². The summed E-state index contributed by atoms with van der Waals surface area (Å²) in [6.45, 7) is 4.15. The minimum absolute atomic E-state index is 0.0325. The first-order chi connectivity index (χ1) is 12.8. The molecule has 0 saturated carbocycles. The predicted octanol–water partition coefficient (Wildman–Crippen LogP) is 1.46. The third-order valence-electron chi connectivity index (χ3n) is 5.18. The Kier molecular flexibility index (Phi) is 5.73. The summed E-state index contributed by atoms with van der Waals surface area (Å²) in [5.41, 5.74) is -0.351. The molecular weight excluding hydrogens is 388 g/mol. The van der Waals surface area contributed by atoms with Gasteiger partial charge in [-0.05, 0) is 31.7 Å². The van der Waals surface area contributed by atoms with E-state index in [2.05, 4.69) is 5.32 Å². The van der Waals surface area contributed by atoms with Gasteiger partial charge in [0.25, 0.3) is 5.91 Å². The summed E-state index contributed by atoms with van der Waals surface area (Å²) in [4.78, 5) is 26.1. The minimum atomic E-state index is -3.29. The highest BCUT2D eigenvalue weighted by molar-refractivity contribution is 7.89. The van der Waals surface area contributed by atoms with Crippen molar-refractivity contribution in [2.24, 2.45) is 0 Å². The number of esters is 1. The summed E-state index contributed by atoms with van der Waals surface area (Å²) in [5, 5.41) is 4.87. The SMILES string of the molecule is CCS(=O)(=O)N1CCC2(CC1)OC(=O)C(C)=C2C(=O)NCCc1cccs1. The Morgan fingerprint density at radius 3 is 2.67 bits per heavy atom. The molecule has 2 aliphatic heterocycles. The van der Waals surface area contributed by atoms with Crippen molar-refractivity contribution in [1.29, 1.82) is 0 Å². The average molecular weight is 413 g/mol. The van der Waals surface area contributed by atoms with Gasteiger partial charge >= 0.3 is 5.97 Å². The molecule has 3 rings (SSSR count). The van der Waals surface area contributed by atoms with Crippen LogP contribution in [-0.2, 0) is 30.8 Å². The summed E-state index contributed by atoms with van der Waals surface area (Å²) in [5.74, 6) is -0.767. The Labute approximate surface area is 163 Å². The van der Waals surface area contributed by atoms with E-state index in [0.717, 1.165) is 6.42 Å². The van der Waals surface area contributed by atoms with Gasteiger partial charge in [-0.15, -0.1) is 11.3 Å². The highest BCUT2D eigenvalue weighted by Gasteiger charge is 2.51. The molecule has 9 heteroatoms. The van der Waals surface area contributed by atoms with Crippen LogP contribution in [0.3, 0.4) is 0 Å². The van der Waals surface area contributed by atoms with E-state index >= 15 is 0 Å². The van der Waals surface area contributed by atoms with Gasteiger partial charge in [0.05, 0.1) is 11.3 Å². The van der Waals surface area contributed by atoms with Gasteiger partial charge in [0.1, 0.15) is 5.60 Å². The van der Waals surface area contributed by atoms with Crippen molar-refractivity contribution >= 4 is 33.2 Å². The zero-order valence-corrected chi connectivity index (χ0v) is 17.1. The molecule has 0 bridgehead atoms. The topological polar surface area (TPSA) is 92.8 Å². The van der Waals surface area contributed by atoms with Crippen molar-refractivity contribution in [1.82, 2.24) is 9.62 Å². The minimum Gasteiger partial charge on any atom is -0.450 e. The maximum absolute atomic E-state index is 12.8. The van der Waals surface area contributed by atoms with Crippen LogP contribution in [-0.4, -0.2) is 55.6 Å². The third-order valence-corrected chi connectivity index (χ3v) is 7.99. The summed E-state index contributed by atoms with van der Waals surface area (Å²) in [6, 6.07) is 3.97. The Hall–Kier alpha value is -1.71. The number of sulfonamides is 1. The number of carbonyl (C=O) groups excluding carboxylic acids is 2. The summed E-state index contributed by atoms with van der Waals surface area (Å²) >= 11 is 1.63. The molecule has 1 spiro atoms. The van der Waals surface area contributed by atoms with Crippen LogP contribution >= 0.6 is 11.3 Å². The molecular formula is C18H24N2O5S2. The van der Waals surface area contributed by atoms with Crippen LogP contribution in [0.2, 0.25) is 0 Å². The molecule has 0 aromatic carbocycles. The standard InChI is InChI=1S/C18H24N2O5S2/c1-3-27(23,24)20-10-7-18(8-11-20)15(13(2)17(22)25-18)16(21)19-9-6-14-5-4-12-26-14/h4-5,12H,3,6-11H2,1-2H3,(H,19,21). The fraction of sp³-hybridized carbons (Fsp3) is 0.556. The monoisotopic (exact) mass is 412 g/mol. The number of thiophene rings is 1. The van der Waals surface area contributed by atoms with Crippen LogP contribution in [0.25, 0.3) is 0 Å². The molecule has 0 unspecified atom stereocenters. The molecule has 1 amide bonds. The highest BCUT2D eigenvalue weighted by Crippen LogP contribution is 2.41. The van der Waals surface area contributed by atoms with Gasteiger partial charge in [0, 0.05) is 42.9 Å². The number of piperidine rings is 1. The van der Waals surface area contributed by atoms with Crippen molar-refractivity contribution in [3.63, 3.8) is 0 Å². The zero-order chi connectivity index (χ0) is 19.7. The first-order valence-corrected chi connectivity index (χ1v) is 11.5. The van der Waals surface area contributed by atoms with E-state index in [0.29, 0.717) is 30.5 Å². The maximum atomic E-state index is 12.8. The Balaban J connectivity index is 1.70. The number of hydrogen-bond donors (Lipinski definition) is 1. The molecule has 2 aliphatic rings. The van der Waals surface area contributed by atoms with Gasteiger partial charge < -0.3 is 10.1 Å². The normalized spacial score (nSPS) is 20.1. The largest absolute Gasteiger partial charge is 0.450 e. The van der Waals surface area contributed by atoms with E-state index < -0.39 is 21.6 Å². The van der Waals surface area contributed by atoms with Gasteiger partial charge in [-0.25, -0.2) is 17.5 Å². The second-order valence-corrected chi connectivity index (χ2v) is 10.1. The van der Waals surface area contributed by atoms with Crippen molar-refractivity contribution < 1.29 is 22.7 Å². The predicted molar refractivity (Wildman–Crippen MR) is 103 cm³/mol.